The largest absolute Gasteiger partial charge is 0.378 e. The highest BCUT2D eigenvalue weighted by atomic mass is 32.2. The molecule has 0 spiro atoms. The van der Waals surface area contributed by atoms with Crippen molar-refractivity contribution in [2.45, 2.75) is 39.3 Å². The van der Waals surface area contributed by atoms with Crippen LogP contribution in [-0.4, -0.2) is 67.8 Å². The molecule has 150 valence electrons. The first-order valence-electron chi connectivity index (χ1n) is 10.4. The third kappa shape index (κ3) is 6.04. The molecule has 6 heteroatoms. The predicted octanol–water partition coefficient (Wildman–Crippen LogP) is 3.21. The summed E-state index contributed by atoms with van der Waals surface area (Å²) in [5.74, 6) is 3.50. The van der Waals surface area contributed by atoms with Gasteiger partial charge in [-0.05, 0) is 44.4 Å². The van der Waals surface area contributed by atoms with Crippen molar-refractivity contribution < 1.29 is 4.74 Å². The summed E-state index contributed by atoms with van der Waals surface area (Å²) in [6.07, 6.45) is 2.58. The molecule has 0 amide bonds. The van der Waals surface area contributed by atoms with Crippen molar-refractivity contribution in [3.8, 4) is 0 Å². The molecule has 2 aliphatic rings. The molecule has 5 nitrogen and oxygen atoms in total. The number of ether oxygens (including phenoxy) is 1. The molecule has 3 rings (SSSR count). The van der Waals surface area contributed by atoms with Gasteiger partial charge >= 0.3 is 0 Å². The molecule has 1 aromatic carbocycles. The van der Waals surface area contributed by atoms with Crippen molar-refractivity contribution in [3.05, 3.63) is 29.8 Å². The van der Waals surface area contributed by atoms with Crippen molar-refractivity contribution in [2.75, 3.05) is 55.7 Å². The van der Waals surface area contributed by atoms with Crippen LogP contribution in [0.25, 0.3) is 0 Å². The lowest BCUT2D eigenvalue weighted by atomic mass is 10.1. The summed E-state index contributed by atoms with van der Waals surface area (Å²) in [6, 6.07) is 8.96. The lowest BCUT2D eigenvalue weighted by Gasteiger charge is -2.34. The van der Waals surface area contributed by atoms with Gasteiger partial charge in [0.2, 0.25) is 0 Å². The summed E-state index contributed by atoms with van der Waals surface area (Å²) in [4.78, 5) is 9.75. The van der Waals surface area contributed by atoms with E-state index in [0.29, 0.717) is 6.10 Å². The minimum Gasteiger partial charge on any atom is -0.378 e. The van der Waals surface area contributed by atoms with Crippen LogP contribution in [0.1, 0.15) is 32.3 Å². The van der Waals surface area contributed by atoms with Gasteiger partial charge in [0, 0.05) is 56.5 Å². The maximum atomic E-state index is 5.77. The fourth-order valence-electron chi connectivity index (χ4n) is 3.70. The van der Waals surface area contributed by atoms with Crippen LogP contribution < -0.4 is 10.2 Å². The second kappa shape index (κ2) is 10.8. The highest BCUT2D eigenvalue weighted by Crippen LogP contribution is 2.20. The molecular formula is C21H34N4OS. The van der Waals surface area contributed by atoms with Gasteiger partial charge in [0.05, 0.1) is 12.6 Å². The van der Waals surface area contributed by atoms with E-state index in [4.69, 9.17) is 9.73 Å². The summed E-state index contributed by atoms with van der Waals surface area (Å²) in [5.41, 5.74) is 2.61. The number of likely N-dealkylation sites (tertiary alicyclic amines) is 1. The minimum atomic E-state index is 0.412. The summed E-state index contributed by atoms with van der Waals surface area (Å²) >= 11 is 2.05. The van der Waals surface area contributed by atoms with E-state index in [1.165, 1.54) is 22.8 Å². The number of anilines is 1. The van der Waals surface area contributed by atoms with Gasteiger partial charge in [-0.3, -0.25) is 0 Å². The Hall–Kier alpha value is -1.40. The quantitative estimate of drug-likeness (QED) is 0.597. The molecule has 0 bridgehead atoms. The molecule has 2 aliphatic heterocycles. The van der Waals surface area contributed by atoms with Crippen molar-refractivity contribution in [1.82, 2.24) is 10.2 Å². The number of thioether (sulfide) groups is 1. The lowest BCUT2D eigenvalue weighted by molar-refractivity contribution is 0.0263. The maximum absolute atomic E-state index is 5.77. The number of nitrogens with one attached hydrogen (secondary N) is 1. The Morgan fingerprint density at radius 1 is 1.11 bits per heavy atom. The zero-order chi connectivity index (χ0) is 18.9. The molecule has 0 radical (unpaired) electrons. The normalized spacial score (nSPS) is 19.4. The van der Waals surface area contributed by atoms with E-state index in [1.54, 1.807) is 0 Å². The van der Waals surface area contributed by atoms with Gasteiger partial charge in [-0.2, -0.15) is 11.8 Å². The van der Waals surface area contributed by atoms with Crippen molar-refractivity contribution >= 4 is 23.4 Å². The smallest absolute Gasteiger partial charge is 0.194 e. The number of piperidine rings is 1. The molecule has 0 saturated carbocycles. The van der Waals surface area contributed by atoms with Gasteiger partial charge in [0.25, 0.3) is 0 Å². The van der Waals surface area contributed by atoms with E-state index >= 15 is 0 Å². The number of rotatable bonds is 6. The van der Waals surface area contributed by atoms with E-state index < -0.39 is 0 Å². The second-order valence-corrected chi connectivity index (χ2v) is 8.30. The van der Waals surface area contributed by atoms with Gasteiger partial charge in [0.1, 0.15) is 0 Å². The van der Waals surface area contributed by atoms with Crippen molar-refractivity contribution in [1.29, 1.82) is 0 Å². The van der Waals surface area contributed by atoms with Gasteiger partial charge in [0.15, 0.2) is 5.96 Å². The lowest BCUT2D eigenvalue weighted by Crippen LogP contribution is -2.47. The van der Waals surface area contributed by atoms with Crippen LogP contribution in [0.2, 0.25) is 0 Å². The standard InChI is InChI=1S/C21H34N4OS/c1-3-22-21(25-11-9-20(10-12-25)26-4-2)23-17-18-5-7-19(8-6-18)24-13-15-27-16-14-24/h5-8,20H,3-4,9-17H2,1-2H3,(H,22,23). The summed E-state index contributed by atoms with van der Waals surface area (Å²) in [5, 5.41) is 3.46. The number of hydrogen-bond acceptors (Lipinski definition) is 4. The molecule has 0 aliphatic carbocycles. The first kappa shape index (κ1) is 20.3. The first-order chi connectivity index (χ1) is 13.3. The molecular weight excluding hydrogens is 356 g/mol. The molecule has 2 fully saturated rings. The summed E-state index contributed by atoms with van der Waals surface area (Å²) < 4.78 is 5.77. The second-order valence-electron chi connectivity index (χ2n) is 7.08. The van der Waals surface area contributed by atoms with E-state index in [-0.39, 0.29) is 0 Å². The predicted molar refractivity (Wildman–Crippen MR) is 117 cm³/mol. The van der Waals surface area contributed by atoms with Crippen LogP contribution >= 0.6 is 11.8 Å². The minimum absolute atomic E-state index is 0.412. The van der Waals surface area contributed by atoms with Gasteiger partial charge in [-0.15, -0.1) is 0 Å². The SMILES string of the molecule is CCNC(=NCc1ccc(N2CCSCC2)cc1)N1CCC(OCC)CC1. The number of benzene rings is 1. The average molecular weight is 391 g/mol. The highest BCUT2D eigenvalue weighted by Gasteiger charge is 2.21. The van der Waals surface area contributed by atoms with Crippen LogP contribution in [0.15, 0.2) is 29.3 Å². The van der Waals surface area contributed by atoms with Gasteiger partial charge < -0.3 is 19.9 Å². The fourth-order valence-corrected chi connectivity index (χ4v) is 4.60. The van der Waals surface area contributed by atoms with Crippen LogP contribution in [0.5, 0.6) is 0 Å². The van der Waals surface area contributed by atoms with Crippen LogP contribution in [0, 0.1) is 0 Å². The zero-order valence-corrected chi connectivity index (χ0v) is 17.6. The molecule has 0 atom stereocenters. The summed E-state index contributed by atoms with van der Waals surface area (Å²) in [6.45, 7) is 11.0. The van der Waals surface area contributed by atoms with E-state index in [0.717, 1.165) is 64.7 Å². The Kier molecular flexibility index (Phi) is 8.14. The molecule has 1 aromatic rings. The fraction of sp³-hybridized carbons (Fsp3) is 0.667. The number of aliphatic imine (C=N–C) groups is 1. The highest BCUT2D eigenvalue weighted by molar-refractivity contribution is 7.99. The van der Waals surface area contributed by atoms with E-state index in [2.05, 4.69) is 53.2 Å². The van der Waals surface area contributed by atoms with Crippen LogP contribution in [-0.2, 0) is 11.3 Å². The Morgan fingerprint density at radius 3 is 2.44 bits per heavy atom. The van der Waals surface area contributed by atoms with Crippen LogP contribution in [0.3, 0.4) is 0 Å². The number of guanidine groups is 1. The third-order valence-corrected chi connectivity index (χ3v) is 6.15. The third-order valence-electron chi connectivity index (χ3n) is 5.20. The first-order valence-corrected chi connectivity index (χ1v) is 11.5. The molecule has 0 aromatic heterocycles. The molecule has 2 heterocycles. The number of hydrogen-bond donors (Lipinski definition) is 1. The van der Waals surface area contributed by atoms with E-state index in [9.17, 15) is 0 Å². The Balaban J connectivity index is 1.56. The molecule has 2 saturated heterocycles. The average Bonchev–Trinajstić information content (AvgIpc) is 2.73. The maximum Gasteiger partial charge on any atom is 0.194 e. The monoisotopic (exact) mass is 390 g/mol. The van der Waals surface area contributed by atoms with E-state index in [1.807, 2.05) is 11.8 Å². The number of nitrogens with zero attached hydrogens (tertiary/aromatic N) is 3. The van der Waals surface area contributed by atoms with Crippen molar-refractivity contribution in [3.63, 3.8) is 0 Å². The van der Waals surface area contributed by atoms with Crippen molar-refractivity contribution in [2.24, 2.45) is 4.99 Å². The Bertz CT molecular complexity index is 578. The Morgan fingerprint density at radius 2 is 1.81 bits per heavy atom. The molecule has 1 N–H and O–H groups in total. The molecule has 27 heavy (non-hydrogen) atoms. The van der Waals surface area contributed by atoms with Gasteiger partial charge in [-0.1, -0.05) is 12.1 Å². The topological polar surface area (TPSA) is 40.1 Å². The molecule has 0 unspecified atom stereocenters. The van der Waals surface area contributed by atoms with Crippen LogP contribution in [0.4, 0.5) is 5.69 Å². The Labute approximate surface area is 168 Å². The summed E-state index contributed by atoms with van der Waals surface area (Å²) in [7, 11) is 0. The van der Waals surface area contributed by atoms with Gasteiger partial charge in [-0.25, -0.2) is 4.99 Å². The zero-order valence-electron chi connectivity index (χ0n) is 16.8.